The van der Waals surface area contributed by atoms with Crippen LogP contribution in [0.4, 0.5) is 0 Å². The highest BCUT2D eigenvalue weighted by atomic mass is 16.3. The lowest BCUT2D eigenvalue weighted by atomic mass is 9.99. The largest absolute Gasteiger partial charge is 0.507 e. The SMILES string of the molecule is Cc1oc2ccc(O)c(C[NH+]3CCCC[C@@H]3C)c2c1C(=O)NC1CCCC1. The minimum Gasteiger partial charge on any atom is -0.507 e. The van der Waals surface area contributed by atoms with Gasteiger partial charge in [0.05, 0.1) is 23.7 Å². The van der Waals surface area contributed by atoms with Crippen molar-refractivity contribution in [1.82, 2.24) is 5.32 Å². The molecule has 2 aliphatic rings. The molecule has 1 aliphatic heterocycles. The number of fused-ring (bicyclic) bond motifs is 1. The van der Waals surface area contributed by atoms with Crippen molar-refractivity contribution in [3.63, 3.8) is 0 Å². The Morgan fingerprint density at radius 1 is 1.22 bits per heavy atom. The predicted molar refractivity (Wildman–Crippen MR) is 105 cm³/mol. The maximum Gasteiger partial charge on any atom is 0.255 e. The van der Waals surface area contributed by atoms with Crippen LogP contribution in [-0.2, 0) is 6.54 Å². The number of quaternary nitrogens is 1. The van der Waals surface area contributed by atoms with Gasteiger partial charge in [0, 0.05) is 11.4 Å². The molecular weight excluding hydrogens is 340 g/mol. The van der Waals surface area contributed by atoms with E-state index in [-0.39, 0.29) is 17.7 Å². The van der Waals surface area contributed by atoms with Crippen molar-refractivity contribution in [3.05, 3.63) is 29.0 Å². The molecule has 1 aromatic carbocycles. The lowest BCUT2D eigenvalue weighted by Gasteiger charge is -2.30. The van der Waals surface area contributed by atoms with Crippen molar-refractivity contribution in [3.8, 4) is 5.75 Å². The van der Waals surface area contributed by atoms with Gasteiger partial charge in [0.1, 0.15) is 23.6 Å². The second-order valence-corrected chi connectivity index (χ2v) is 8.41. The van der Waals surface area contributed by atoms with Gasteiger partial charge in [-0.3, -0.25) is 4.79 Å². The van der Waals surface area contributed by atoms with Crippen molar-refractivity contribution < 1.29 is 19.2 Å². The third-order valence-corrected chi connectivity index (χ3v) is 6.52. The minimum absolute atomic E-state index is 0.0632. The van der Waals surface area contributed by atoms with E-state index in [1.807, 2.05) is 6.92 Å². The summed E-state index contributed by atoms with van der Waals surface area (Å²) in [5.74, 6) is 0.837. The van der Waals surface area contributed by atoms with Gasteiger partial charge in [-0.1, -0.05) is 12.8 Å². The number of hydrogen-bond acceptors (Lipinski definition) is 3. The number of carbonyl (C=O) groups is 1. The van der Waals surface area contributed by atoms with Crippen LogP contribution in [0.15, 0.2) is 16.5 Å². The molecule has 3 N–H and O–H groups in total. The maximum absolute atomic E-state index is 13.1. The second kappa shape index (κ2) is 7.55. The van der Waals surface area contributed by atoms with Crippen LogP contribution < -0.4 is 10.2 Å². The van der Waals surface area contributed by atoms with E-state index < -0.39 is 0 Å². The molecule has 1 saturated carbocycles. The molecule has 2 aromatic rings. The minimum atomic E-state index is -0.0632. The first-order chi connectivity index (χ1) is 13.0. The number of carbonyl (C=O) groups excluding carboxylic acids is 1. The lowest BCUT2D eigenvalue weighted by molar-refractivity contribution is -0.941. The van der Waals surface area contributed by atoms with Crippen LogP contribution in [0.2, 0.25) is 0 Å². The fraction of sp³-hybridized carbons (Fsp3) is 0.591. The number of phenolic OH excluding ortho intramolecular Hbond substituents is 1. The van der Waals surface area contributed by atoms with Crippen LogP contribution in [0.25, 0.3) is 11.0 Å². The molecule has 5 nitrogen and oxygen atoms in total. The predicted octanol–water partition coefficient (Wildman–Crippen LogP) is 3.08. The first kappa shape index (κ1) is 18.4. The van der Waals surface area contributed by atoms with Gasteiger partial charge in [-0.2, -0.15) is 0 Å². The van der Waals surface area contributed by atoms with Gasteiger partial charge in [-0.25, -0.2) is 0 Å². The topological polar surface area (TPSA) is 66.9 Å². The summed E-state index contributed by atoms with van der Waals surface area (Å²) in [6.07, 6.45) is 8.17. The summed E-state index contributed by atoms with van der Waals surface area (Å²) in [7, 11) is 0. The summed E-state index contributed by atoms with van der Waals surface area (Å²) in [6.45, 7) is 5.96. The van der Waals surface area contributed by atoms with Crippen molar-refractivity contribution >= 4 is 16.9 Å². The molecule has 2 heterocycles. The van der Waals surface area contributed by atoms with E-state index in [2.05, 4.69) is 12.2 Å². The third kappa shape index (κ3) is 3.57. The molecule has 1 aliphatic carbocycles. The van der Waals surface area contributed by atoms with Crippen LogP contribution in [0, 0.1) is 6.92 Å². The normalized spacial score (nSPS) is 23.8. The van der Waals surface area contributed by atoms with Gasteiger partial charge in [-0.05, 0) is 58.1 Å². The summed E-state index contributed by atoms with van der Waals surface area (Å²) in [4.78, 5) is 14.5. The summed E-state index contributed by atoms with van der Waals surface area (Å²) >= 11 is 0. The Morgan fingerprint density at radius 2 is 1.96 bits per heavy atom. The maximum atomic E-state index is 13.1. The number of aromatic hydroxyl groups is 1. The molecule has 1 amide bonds. The van der Waals surface area contributed by atoms with Crippen LogP contribution in [0.5, 0.6) is 5.75 Å². The van der Waals surface area contributed by atoms with Crippen LogP contribution in [0.1, 0.15) is 73.6 Å². The molecule has 1 aromatic heterocycles. The zero-order chi connectivity index (χ0) is 19.0. The number of likely N-dealkylation sites (tertiary alicyclic amines) is 1. The van der Waals surface area contributed by atoms with E-state index in [0.717, 1.165) is 36.9 Å². The first-order valence-electron chi connectivity index (χ1n) is 10.4. The Bertz CT molecular complexity index is 836. The number of benzene rings is 1. The van der Waals surface area contributed by atoms with E-state index >= 15 is 0 Å². The van der Waals surface area contributed by atoms with E-state index in [1.54, 1.807) is 12.1 Å². The molecule has 27 heavy (non-hydrogen) atoms. The number of hydrogen-bond donors (Lipinski definition) is 3. The quantitative estimate of drug-likeness (QED) is 0.774. The zero-order valence-corrected chi connectivity index (χ0v) is 16.4. The highest BCUT2D eigenvalue weighted by Crippen LogP contribution is 2.34. The molecule has 2 atom stereocenters. The number of nitrogens with one attached hydrogen (secondary N) is 2. The van der Waals surface area contributed by atoms with Crippen molar-refractivity contribution in [2.45, 2.75) is 77.4 Å². The standard InChI is InChI=1S/C22H30N2O3/c1-14-7-5-6-12-24(14)13-17-18(25)10-11-19-21(17)20(15(2)27-19)22(26)23-16-8-3-4-9-16/h10-11,14,16,25H,3-9,12-13H2,1-2H3,(H,23,26)/p+1/t14-/m0/s1. The molecule has 1 unspecified atom stereocenters. The van der Waals surface area contributed by atoms with Gasteiger partial charge in [0.25, 0.3) is 5.91 Å². The van der Waals surface area contributed by atoms with E-state index in [0.29, 0.717) is 22.9 Å². The Balaban J connectivity index is 1.71. The fourth-order valence-electron chi connectivity index (χ4n) is 4.89. The Labute approximate surface area is 160 Å². The molecule has 0 spiro atoms. The Morgan fingerprint density at radius 3 is 2.70 bits per heavy atom. The molecule has 2 fully saturated rings. The van der Waals surface area contributed by atoms with E-state index in [4.69, 9.17) is 4.42 Å². The molecule has 1 saturated heterocycles. The third-order valence-electron chi connectivity index (χ3n) is 6.52. The Hall–Kier alpha value is -2.01. The number of amides is 1. The molecule has 4 rings (SSSR count). The molecule has 146 valence electrons. The number of aryl methyl sites for hydroxylation is 1. The number of furan rings is 1. The van der Waals surface area contributed by atoms with E-state index in [1.165, 1.54) is 37.0 Å². The summed E-state index contributed by atoms with van der Waals surface area (Å²) in [6, 6.07) is 4.31. The monoisotopic (exact) mass is 371 g/mol. The smallest absolute Gasteiger partial charge is 0.255 e. The fourth-order valence-corrected chi connectivity index (χ4v) is 4.89. The highest BCUT2D eigenvalue weighted by molar-refractivity contribution is 6.09. The van der Waals surface area contributed by atoms with Crippen LogP contribution in [-0.4, -0.2) is 29.6 Å². The number of phenols is 1. The van der Waals surface area contributed by atoms with Gasteiger partial charge in [0.2, 0.25) is 0 Å². The molecule has 0 bridgehead atoms. The average molecular weight is 372 g/mol. The van der Waals surface area contributed by atoms with Crippen molar-refractivity contribution in [1.29, 1.82) is 0 Å². The Kier molecular flexibility index (Phi) is 5.13. The summed E-state index contributed by atoms with van der Waals surface area (Å²) in [5.41, 5.74) is 2.15. The van der Waals surface area contributed by atoms with E-state index in [9.17, 15) is 9.90 Å². The highest BCUT2D eigenvalue weighted by Gasteiger charge is 2.29. The van der Waals surface area contributed by atoms with Crippen LogP contribution in [0.3, 0.4) is 0 Å². The van der Waals surface area contributed by atoms with Gasteiger partial charge >= 0.3 is 0 Å². The summed E-state index contributed by atoms with van der Waals surface area (Å²) in [5, 5.41) is 14.6. The first-order valence-corrected chi connectivity index (χ1v) is 10.4. The number of piperidine rings is 1. The van der Waals surface area contributed by atoms with Crippen LogP contribution >= 0.6 is 0 Å². The van der Waals surface area contributed by atoms with Crippen molar-refractivity contribution in [2.24, 2.45) is 0 Å². The summed E-state index contributed by atoms with van der Waals surface area (Å²) < 4.78 is 5.92. The lowest BCUT2D eigenvalue weighted by Crippen LogP contribution is -3.14. The van der Waals surface area contributed by atoms with Gasteiger partial charge in [-0.15, -0.1) is 0 Å². The molecule has 5 heteroatoms. The van der Waals surface area contributed by atoms with Gasteiger partial charge in [0.15, 0.2) is 0 Å². The molecule has 0 radical (unpaired) electrons. The molecular formula is C22H31N2O3+. The number of rotatable bonds is 4. The zero-order valence-electron chi connectivity index (χ0n) is 16.4. The average Bonchev–Trinajstić information content (AvgIpc) is 3.26. The van der Waals surface area contributed by atoms with Crippen molar-refractivity contribution in [2.75, 3.05) is 6.54 Å². The second-order valence-electron chi connectivity index (χ2n) is 8.41. The van der Waals surface area contributed by atoms with Gasteiger partial charge < -0.3 is 19.7 Å².